The average molecular weight is 355 g/mol. The summed E-state index contributed by atoms with van der Waals surface area (Å²) in [5.41, 5.74) is -0.0170. The summed E-state index contributed by atoms with van der Waals surface area (Å²) >= 11 is 0. The number of allylic oxidation sites excluding steroid dienone is 1. The predicted octanol–water partition coefficient (Wildman–Crippen LogP) is 2.10. The quantitative estimate of drug-likeness (QED) is 0.777. The number of carbonyl (C=O) groups excluding carboxylic acids is 2. The summed E-state index contributed by atoms with van der Waals surface area (Å²) in [4.78, 5) is 29.9. The number of carbonyl (C=O) groups is 2. The minimum atomic E-state index is -1.06. The minimum Gasteiger partial charge on any atom is -0.493 e. The molecule has 2 aliphatic carbocycles. The summed E-state index contributed by atoms with van der Waals surface area (Å²) in [6, 6.07) is 9.01. The van der Waals surface area contributed by atoms with Gasteiger partial charge in [-0.2, -0.15) is 0 Å². The fourth-order valence-corrected chi connectivity index (χ4v) is 5.04. The van der Waals surface area contributed by atoms with Crippen molar-refractivity contribution in [2.24, 2.45) is 22.7 Å². The van der Waals surface area contributed by atoms with E-state index in [1.807, 2.05) is 30.3 Å². The van der Waals surface area contributed by atoms with Crippen LogP contribution in [0.25, 0.3) is 0 Å². The second-order valence-corrected chi connectivity index (χ2v) is 7.05. The molecular weight excluding hydrogens is 334 g/mol. The maximum Gasteiger partial charge on any atom is 0.334 e. The van der Waals surface area contributed by atoms with Crippen LogP contribution in [0, 0.1) is 17.8 Å². The third-order valence-corrected chi connectivity index (χ3v) is 6.08. The van der Waals surface area contributed by atoms with Gasteiger partial charge in [-0.1, -0.05) is 37.3 Å². The van der Waals surface area contributed by atoms with Crippen LogP contribution in [0.3, 0.4) is 0 Å². The van der Waals surface area contributed by atoms with Crippen molar-refractivity contribution in [2.45, 2.75) is 24.5 Å². The highest BCUT2D eigenvalue weighted by molar-refractivity contribution is 6.00. The largest absolute Gasteiger partial charge is 0.493 e. The number of aliphatic imine (C=N–C) groups is 1. The Morgan fingerprint density at radius 2 is 1.96 bits per heavy atom. The van der Waals surface area contributed by atoms with Crippen molar-refractivity contribution >= 4 is 18.2 Å². The Balaban J connectivity index is 1.90. The first-order valence-electron chi connectivity index (χ1n) is 8.68. The van der Waals surface area contributed by atoms with E-state index in [0.29, 0.717) is 5.76 Å². The number of rotatable bonds is 3. The van der Waals surface area contributed by atoms with Gasteiger partial charge in [-0.25, -0.2) is 9.79 Å². The van der Waals surface area contributed by atoms with Crippen LogP contribution in [0.4, 0.5) is 0 Å². The molecule has 6 nitrogen and oxygen atoms in total. The zero-order valence-electron chi connectivity index (χ0n) is 14.9. The Labute approximate surface area is 151 Å². The van der Waals surface area contributed by atoms with Crippen molar-refractivity contribution in [3.8, 4) is 0 Å². The summed E-state index contributed by atoms with van der Waals surface area (Å²) in [6.45, 7) is 2.09. The molecule has 0 radical (unpaired) electrons. The smallest absolute Gasteiger partial charge is 0.334 e. The third kappa shape index (κ3) is 2.01. The fourth-order valence-electron chi connectivity index (χ4n) is 5.04. The van der Waals surface area contributed by atoms with Gasteiger partial charge in [0.1, 0.15) is 0 Å². The summed E-state index contributed by atoms with van der Waals surface area (Å²) < 4.78 is 16.3. The number of ketones is 1. The zero-order chi connectivity index (χ0) is 18.5. The lowest BCUT2D eigenvalue weighted by molar-refractivity contribution is -0.152. The van der Waals surface area contributed by atoms with Gasteiger partial charge in [0.2, 0.25) is 5.78 Å². The molecule has 0 saturated heterocycles. The molecule has 136 valence electrons. The minimum absolute atomic E-state index is 0.0628. The number of hydrogen-bond acceptors (Lipinski definition) is 6. The molecule has 6 heteroatoms. The first-order chi connectivity index (χ1) is 12.6. The van der Waals surface area contributed by atoms with Crippen LogP contribution < -0.4 is 0 Å². The van der Waals surface area contributed by atoms with Gasteiger partial charge in [0, 0.05) is 11.8 Å². The Hall–Kier alpha value is -2.63. The van der Waals surface area contributed by atoms with E-state index in [1.165, 1.54) is 20.6 Å². The molecule has 1 aromatic carbocycles. The molecule has 3 aliphatic rings. The van der Waals surface area contributed by atoms with Crippen LogP contribution in [0.1, 0.15) is 18.4 Å². The summed E-state index contributed by atoms with van der Waals surface area (Å²) in [7, 11) is 2.82. The molecule has 1 saturated carbocycles. The van der Waals surface area contributed by atoms with Crippen LogP contribution in [-0.4, -0.2) is 44.0 Å². The molecule has 1 fully saturated rings. The van der Waals surface area contributed by atoms with E-state index in [0.717, 1.165) is 5.56 Å². The van der Waals surface area contributed by atoms with E-state index in [9.17, 15) is 9.59 Å². The molecule has 26 heavy (non-hydrogen) atoms. The first-order valence-corrected chi connectivity index (χ1v) is 8.68. The highest BCUT2D eigenvalue weighted by atomic mass is 16.5. The molecule has 2 bridgehead atoms. The molecule has 0 unspecified atom stereocenters. The van der Waals surface area contributed by atoms with Gasteiger partial charge in [0.05, 0.1) is 20.1 Å². The lowest BCUT2D eigenvalue weighted by Crippen LogP contribution is -2.57. The lowest BCUT2D eigenvalue weighted by atomic mass is 9.70. The molecule has 1 aromatic rings. The Kier molecular flexibility index (Phi) is 3.86. The predicted molar refractivity (Wildman–Crippen MR) is 93.5 cm³/mol. The van der Waals surface area contributed by atoms with E-state index in [1.54, 1.807) is 6.08 Å². The highest BCUT2D eigenvalue weighted by Crippen LogP contribution is 2.61. The van der Waals surface area contributed by atoms with E-state index >= 15 is 0 Å². The average Bonchev–Trinajstić information content (AvgIpc) is 3.16. The molecule has 0 N–H and O–H groups in total. The van der Waals surface area contributed by atoms with Gasteiger partial charge in [-0.3, -0.25) is 4.79 Å². The van der Waals surface area contributed by atoms with Crippen molar-refractivity contribution < 1.29 is 23.8 Å². The van der Waals surface area contributed by atoms with Crippen molar-refractivity contribution in [3.05, 3.63) is 47.7 Å². The van der Waals surface area contributed by atoms with Crippen LogP contribution in [-0.2, 0) is 23.8 Å². The number of hydrogen-bond donors (Lipinski definition) is 0. The van der Waals surface area contributed by atoms with Gasteiger partial charge in [0.25, 0.3) is 0 Å². The van der Waals surface area contributed by atoms with Crippen LogP contribution in [0.5, 0.6) is 0 Å². The standard InChI is InChI=1S/C20H21NO5/c1-11-13-9-14(24-2)17(22)16(15(11)12-7-5-4-6-8-12)20(13)18(19(23)25-3)21-10-26-20/h4-11,13,15-16,18H,1-3H3/t11-,13-,15-,16-,18-,20+/m0/s1. The van der Waals surface area contributed by atoms with E-state index in [-0.39, 0.29) is 23.5 Å². The summed E-state index contributed by atoms with van der Waals surface area (Å²) in [5, 5.41) is 0. The summed E-state index contributed by atoms with van der Waals surface area (Å²) in [6.07, 6.45) is 3.09. The van der Waals surface area contributed by atoms with Gasteiger partial charge in [0.15, 0.2) is 23.8 Å². The maximum atomic E-state index is 13.3. The van der Waals surface area contributed by atoms with Crippen LogP contribution in [0.15, 0.2) is 47.2 Å². The van der Waals surface area contributed by atoms with Crippen molar-refractivity contribution in [2.75, 3.05) is 14.2 Å². The topological polar surface area (TPSA) is 74.2 Å². The van der Waals surface area contributed by atoms with Gasteiger partial charge >= 0.3 is 5.97 Å². The Morgan fingerprint density at radius 1 is 1.23 bits per heavy atom. The van der Waals surface area contributed by atoms with Crippen LogP contribution >= 0.6 is 0 Å². The van der Waals surface area contributed by atoms with Crippen molar-refractivity contribution in [1.29, 1.82) is 0 Å². The number of benzene rings is 1. The van der Waals surface area contributed by atoms with Gasteiger partial charge < -0.3 is 14.2 Å². The highest BCUT2D eigenvalue weighted by Gasteiger charge is 2.71. The number of esters is 1. The van der Waals surface area contributed by atoms with Crippen molar-refractivity contribution in [1.82, 2.24) is 0 Å². The zero-order valence-corrected chi connectivity index (χ0v) is 14.9. The van der Waals surface area contributed by atoms with Gasteiger partial charge in [-0.05, 0) is 17.6 Å². The SMILES string of the molecule is COC(=O)[C@@H]1N=CO[C@]12[C@@H]1C(=O)C(OC)=C[C@H]2[C@H](C)[C@H]1c1ccccc1. The molecule has 6 atom stereocenters. The van der Waals surface area contributed by atoms with Crippen molar-refractivity contribution in [3.63, 3.8) is 0 Å². The third-order valence-electron chi connectivity index (χ3n) is 6.08. The maximum absolute atomic E-state index is 13.3. The molecule has 4 rings (SSSR count). The number of Topliss-reactive ketones (excluding diaryl/α,β-unsaturated/α-hetero) is 1. The molecular formula is C20H21NO5. The number of methoxy groups -OCH3 is 2. The Bertz CT molecular complexity index is 802. The first kappa shape index (κ1) is 16.8. The fraction of sp³-hybridized carbons (Fsp3) is 0.450. The van der Waals surface area contributed by atoms with E-state index in [4.69, 9.17) is 14.2 Å². The van der Waals surface area contributed by atoms with E-state index < -0.39 is 23.5 Å². The molecule has 1 aliphatic heterocycles. The number of nitrogens with zero attached hydrogens (tertiary/aromatic N) is 1. The molecule has 0 aromatic heterocycles. The monoisotopic (exact) mass is 355 g/mol. The second-order valence-electron chi connectivity index (χ2n) is 7.05. The molecule has 1 heterocycles. The normalized spacial score (nSPS) is 37.4. The van der Waals surface area contributed by atoms with Crippen LogP contribution in [0.2, 0.25) is 0 Å². The lowest BCUT2D eigenvalue weighted by Gasteiger charge is -2.40. The molecule has 1 spiro atoms. The molecule has 0 amide bonds. The summed E-state index contributed by atoms with van der Waals surface area (Å²) in [5.74, 6) is -1.12. The second kappa shape index (κ2) is 5.97. The Morgan fingerprint density at radius 3 is 2.62 bits per heavy atom. The number of ether oxygens (including phenoxy) is 3. The van der Waals surface area contributed by atoms with Gasteiger partial charge in [-0.15, -0.1) is 0 Å². The van der Waals surface area contributed by atoms with E-state index in [2.05, 4.69) is 11.9 Å².